The lowest BCUT2D eigenvalue weighted by molar-refractivity contribution is 0.102. The monoisotopic (exact) mass is 333 g/mol. The van der Waals surface area contributed by atoms with Gasteiger partial charge in [-0.3, -0.25) is 4.79 Å². The SMILES string of the molecule is COc1ccc(C)cc1C(=O)Nc1cc(Br)ccc1C. The van der Waals surface area contributed by atoms with Crippen molar-refractivity contribution in [2.24, 2.45) is 0 Å². The van der Waals surface area contributed by atoms with Gasteiger partial charge in [0.05, 0.1) is 12.7 Å². The van der Waals surface area contributed by atoms with E-state index in [-0.39, 0.29) is 5.91 Å². The van der Waals surface area contributed by atoms with Gasteiger partial charge in [0.25, 0.3) is 5.91 Å². The fourth-order valence-corrected chi connectivity index (χ4v) is 2.28. The minimum absolute atomic E-state index is 0.174. The number of carbonyl (C=O) groups excluding carboxylic acids is 1. The molecule has 0 fully saturated rings. The third-order valence-electron chi connectivity index (χ3n) is 3.05. The minimum atomic E-state index is -0.174. The first kappa shape index (κ1) is 14.6. The maximum atomic E-state index is 12.4. The molecule has 0 aliphatic heterocycles. The number of rotatable bonds is 3. The Morgan fingerprint density at radius 2 is 1.90 bits per heavy atom. The zero-order chi connectivity index (χ0) is 14.7. The van der Waals surface area contributed by atoms with Crippen LogP contribution in [-0.2, 0) is 0 Å². The standard InChI is InChI=1S/C16H16BrNO2/c1-10-4-7-15(20-3)13(8-10)16(19)18-14-9-12(17)6-5-11(14)2/h4-9H,1-3H3,(H,18,19). The highest BCUT2D eigenvalue weighted by Gasteiger charge is 2.13. The summed E-state index contributed by atoms with van der Waals surface area (Å²) < 4.78 is 6.17. The average molecular weight is 334 g/mol. The van der Waals surface area contributed by atoms with Crippen LogP contribution in [0.3, 0.4) is 0 Å². The summed E-state index contributed by atoms with van der Waals surface area (Å²) in [5.41, 5.74) is 3.34. The number of anilines is 1. The summed E-state index contributed by atoms with van der Waals surface area (Å²) in [4.78, 5) is 12.4. The van der Waals surface area contributed by atoms with Crippen molar-refractivity contribution in [3.05, 3.63) is 57.6 Å². The number of hydrogen-bond donors (Lipinski definition) is 1. The summed E-state index contributed by atoms with van der Waals surface area (Å²) in [6.45, 7) is 3.90. The second-order valence-electron chi connectivity index (χ2n) is 4.62. The second kappa shape index (κ2) is 6.09. The normalized spacial score (nSPS) is 10.2. The molecule has 0 saturated carbocycles. The van der Waals surface area contributed by atoms with Gasteiger partial charge in [-0.1, -0.05) is 33.6 Å². The first-order chi connectivity index (χ1) is 9.51. The van der Waals surface area contributed by atoms with Crippen LogP contribution in [0, 0.1) is 13.8 Å². The van der Waals surface area contributed by atoms with Crippen LogP contribution in [0.4, 0.5) is 5.69 Å². The Labute approximate surface area is 127 Å². The van der Waals surface area contributed by atoms with Crippen LogP contribution < -0.4 is 10.1 Å². The van der Waals surface area contributed by atoms with Gasteiger partial charge < -0.3 is 10.1 Å². The Bertz CT molecular complexity index is 653. The van der Waals surface area contributed by atoms with Crippen LogP contribution in [0.2, 0.25) is 0 Å². The molecular weight excluding hydrogens is 318 g/mol. The Morgan fingerprint density at radius 1 is 1.15 bits per heavy atom. The molecule has 2 rings (SSSR count). The first-order valence-electron chi connectivity index (χ1n) is 6.23. The van der Waals surface area contributed by atoms with Gasteiger partial charge in [-0.05, 0) is 43.7 Å². The smallest absolute Gasteiger partial charge is 0.259 e. The molecule has 0 saturated heterocycles. The third-order valence-corrected chi connectivity index (χ3v) is 3.54. The van der Waals surface area contributed by atoms with E-state index >= 15 is 0 Å². The zero-order valence-corrected chi connectivity index (χ0v) is 13.2. The molecule has 4 heteroatoms. The highest BCUT2D eigenvalue weighted by Crippen LogP contribution is 2.24. The van der Waals surface area contributed by atoms with Crippen molar-refractivity contribution in [2.45, 2.75) is 13.8 Å². The van der Waals surface area contributed by atoms with Crippen LogP contribution in [-0.4, -0.2) is 13.0 Å². The zero-order valence-electron chi connectivity index (χ0n) is 11.7. The quantitative estimate of drug-likeness (QED) is 0.907. The molecule has 0 aliphatic rings. The number of aryl methyl sites for hydroxylation is 2. The highest BCUT2D eigenvalue weighted by atomic mass is 79.9. The summed E-state index contributed by atoms with van der Waals surface area (Å²) >= 11 is 3.41. The van der Waals surface area contributed by atoms with Crippen molar-refractivity contribution in [3.63, 3.8) is 0 Å². The molecule has 0 heterocycles. The van der Waals surface area contributed by atoms with Crippen LogP contribution >= 0.6 is 15.9 Å². The number of halogens is 1. The van der Waals surface area contributed by atoms with Gasteiger partial charge in [0, 0.05) is 10.2 Å². The number of ether oxygens (including phenoxy) is 1. The Hall–Kier alpha value is -1.81. The molecule has 0 atom stereocenters. The van der Waals surface area contributed by atoms with E-state index in [1.54, 1.807) is 13.2 Å². The summed E-state index contributed by atoms with van der Waals surface area (Å²) in [5, 5.41) is 2.92. The molecule has 20 heavy (non-hydrogen) atoms. The van der Waals surface area contributed by atoms with Gasteiger partial charge in [-0.15, -0.1) is 0 Å². The fraction of sp³-hybridized carbons (Fsp3) is 0.188. The number of carbonyl (C=O) groups is 1. The maximum Gasteiger partial charge on any atom is 0.259 e. The number of benzene rings is 2. The molecule has 0 aromatic heterocycles. The number of nitrogens with one attached hydrogen (secondary N) is 1. The molecule has 0 spiro atoms. The third kappa shape index (κ3) is 3.20. The van der Waals surface area contributed by atoms with E-state index in [4.69, 9.17) is 4.74 Å². The van der Waals surface area contributed by atoms with Gasteiger partial charge >= 0.3 is 0 Å². The Kier molecular flexibility index (Phi) is 4.45. The first-order valence-corrected chi connectivity index (χ1v) is 7.02. The van der Waals surface area contributed by atoms with Crippen molar-refractivity contribution in [3.8, 4) is 5.75 Å². The van der Waals surface area contributed by atoms with Gasteiger partial charge in [0.1, 0.15) is 5.75 Å². The van der Waals surface area contributed by atoms with Gasteiger partial charge in [0.2, 0.25) is 0 Å². The summed E-state index contributed by atoms with van der Waals surface area (Å²) in [6.07, 6.45) is 0. The number of methoxy groups -OCH3 is 1. The topological polar surface area (TPSA) is 38.3 Å². The molecule has 3 nitrogen and oxygen atoms in total. The van der Waals surface area contributed by atoms with Crippen molar-refractivity contribution in [1.29, 1.82) is 0 Å². The fourth-order valence-electron chi connectivity index (χ4n) is 1.92. The predicted molar refractivity (Wildman–Crippen MR) is 84.6 cm³/mol. The molecule has 0 bridgehead atoms. The Balaban J connectivity index is 2.32. The van der Waals surface area contributed by atoms with E-state index in [0.717, 1.165) is 21.3 Å². The molecule has 0 radical (unpaired) electrons. The second-order valence-corrected chi connectivity index (χ2v) is 5.53. The predicted octanol–water partition coefficient (Wildman–Crippen LogP) is 4.33. The van der Waals surface area contributed by atoms with E-state index < -0.39 is 0 Å². The van der Waals surface area contributed by atoms with Crippen LogP contribution in [0.1, 0.15) is 21.5 Å². The molecule has 1 amide bonds. The van der Waals surface area contributed by atoms with E-state index in [1.807, 2.05) is 44.2 Å². The molecule has 0 unspecified atom stereocenters. The lowest BCUT2D eigenvalue weighted by Crippen LogP contribution is -2.14. The number of hydrogen-bond acceptors (Lipinski definition) is 2. The largest absolute Gasteiger partial charge is 0.496 e. The highest BCUT2D eigenvalue weighted by molar-refractivity contribution is 9.10. The van der Waals surface area contributed by atoms with Crippen molar-refractivity contribution in [2.75, 3.05) is 12.4 Å². The average Bonchev–Trinajstić information content (AvgIpc) is 2.42. The van der Waals surface area contributed by atoms with Crippen molar-refractivity contribution < 1.29 is 9.53 Å². The lowest BCUT2D eigenvalue weighted by Gasteiger charge is -2.12. The molecule has 2 aromatic carbocycles. The molecule has 1 N–H and O–H groups in total. The van der Waals surface area contributed by atoms with Crippen LogP contribution in [0.25, 0.3) is 0 Å². The molecular formula is C16H16BrNO2. The van der Waals surface area contributed by atoms with Crippen molar-refractivity contribution >= 4 is 27.5 Å². The van der Waals surface area contributed by atoms with Gasteiger partial charge in [-0.25, -0.2) is 0 Å². The number of amides is 1. The molecule has 2 aromatic rings. The maximum absolute atomic E-state index is 12.4. The van der Waals surface area contributed by atoms with Crippen molar-refractivity contribution in [1.82, 2.24) is 0 Å². The van der Waals surface area contributed by atoms with Crippen LogP contribution in [0.5, 0.6) is 5.75 Å². The van der Waals surface area contributed by atoms with E-state index in [9.17, 15) is 4.79 Å². The lowest BCUT2D eigenvalue weighted by atomic mass is 10.1. The molecule has 104 valence electrons. The summed E-state index contributed by atoms with van der Waals surface area (Å²) in [7, 11) is 1.56. The van der Waals surface area contributed by atoms with E-state index in [0.29, 0.717) is 11.3 Å². The Morgan fingerprint density at radius 3 is 2.60 bits per heavy atom. The van der Waals surface area contributed by atoms with Crippen LogP contribution in [0.15, 0.2) is 40.9 Å². The van der Waals surface area contributed by atoms with Gasteiger partial charge in [0.15, 0.2) is 0 Å². The summed E-state index contributed by atoms with van der Waals surface area (Å²) in [6, 6.07) is 11.3. The van der Waals surface area contributed by atoms with Gasteiger partial charge in [-0.2, -0.15) is 0 Å². The minimum Gasteiger partial charge on any atom is -0.496 e. The summed E-state index contributed by atoms with van der Waals surface area (Å²) in [5.74, 6) is 0.396. The van der Waals surface area contributed by atoms with E-state index in [1.165, 1.54) is 0 Å². The van der Waals surface area contributed by atoms with E-state index in [2.05, 4.69) is 21.2 Å². The molecule has 0 aliphatic carbocycles.